The van der Waals surface area contributed by atoms with Gasteiger partial charge in [-0.2, -0.15) is 0 Å². The monoisotopic (exact) mass is 437 g/mol. The minimum Gasteiger partial charge on any atom is -0.449 e. The molecule has 0 aliphatic heterocycles. The third-order valence-corrected chi connectivity index (χ3v) is 6.28. The first-order chi connectivity index (χ1) is 14.8. The van der Waals surface area contributed by atoms with Crippen LogP contribution in [0.25, 0.3) is 11.0 Å². The Morgan fingerprint density at radius 2 is 1.74 bits per heavy atom. The van der Waals surface area contributed by atoms with E-state index in [0.29, 0.717) is 11.5 Å². The molecule has 0 spiro atoms. The number of anilines is 1. The molecule has 0 atom stereocenters. The molecule has 0 radical (unpaired) electrons. The molecule has 31 heavy (non-hydrogen) atoms. The predicted molar refractivity (Wildman–Crippen MR) is 113 cm³/mol. The van der Waals surface area contributed by atoms with E-state index in [0.717, 1.165) is 10.9 Å². The molecule has 9 nitrogen and oxygen atoms in total. The van der Waals surface area contributed by atoms with Crippen LogP contribution in [0.15, 0.2) is 75.4 Å². The molecule has 3 aromatic heterocycles. The van der Waals surface area contributed by atoms with Gasteiger partial charge in [0.1, 0.15) is 4.90 Å². The number of aromatic nitrogens is 3. The molecule has 0 saturated carbocycles. The average Bonchev–Trinajstić information content (AvgIpc) is 3.22. The summed E-state index contributed by atoms with van der Waals surface area (Å²) in [7, 11) is -0.199. The number of carbonyl (C=O) groups excluding carboxylic acids is 1. The first kappa shape index (κ1) is 20.5. The fourth-order valence-corrected chi connectivity index (χ4v) is 4.02. The van der Waals surface area contributed by atoms with Crippen LogP contribution in [0.2, 0.25) is 0 Å². The Balaban J connectivity index is 1.44. The Morgan fingerprint density at radius 3 is 2.39 bits per heavy atom. The van der Waals surface area contributed by atoms with Crippen molar-refractivity contribution in [1.29, 1.82) is 0 Å². The van der Waals surface area contributed by atoms with Crippen LogP contribution < -0.4 is 10.2 Å². The summed E-state index contributed by atoms with van der Waals surface area (Å²) < 4.78 is 31.0. The summed E-state index contributed by atoms with van der Waals surface area (Å²) in [6, 6.07) is 9.67. The number of nitrogens with one attached hydrogen (secondary N) is 1. The predicted octanol–water partition coefficient (Wildman–Crippen LogP) is 2.45. The van der Waals surface area contributed by atoms with Gasteiger partial charge in [-0.3, -0.25) is 9.78 Å². The van der Waals surface area contributed by atoms with Gasteiger partial charge in [-0.05, 0) is 29.8 Å². The Hall–Kier alpha value is -3.79. The minimum atomic E-state index is -3.74. The van der Waals surface area contributed by atoms with E-state index in [1.165, 1.54) is 24.5 Å². The van der Waals surface area contributed by atoms with Crippen LogP contribution in [-0.2, 0) is 16.4 Å². The zero-order chi connectivity index (χ0) is 22.0. The van der Waals surface area contributed by atoms with Crippen molar-refractivity contribution >= 4 is 32.7 Å². The van der Waals surface area contributed by atoms with Crippen molar-refractivity contribution in [2.24, 2.45) is 0 Å². The minimum absolute atomic E-state index is 0.0125. The van der Waals surface area contributed by atoms with Crippen LogP contribution >= 0.6 is 0 Å². The molecule has 0 aliphatic carbocycles. The molecule has 1 aromatic carbocycles. The second kappa shape index (κ2) is 8.15. The number of amides is 1. The number of carbonyl (C=O) groups is 1. The van der Waals surface area contributed by atoms with Gasteiger partial charge in [0.25, 0.3) is 5.91 Å². The highest BCUT2D eigenvalue weighted by Crippen LogP contribution is 2.21. The third kappa shape index (κ3) is 4.24. The summed E-state index contributed by atoms with van der Waals surface area (Å²) in [5.74, 6) is 0.236. The molecule has 4 aromatic rings. The number of hydrogen-bond acceptors (Lipinski definition) is 8. The van der Waals surface area contributed by atoms with Gasteiger partial charge < -0.3 is 14.6 Å². The van der Waals surface area contributed by atoms with Gasteiger partial charge in [-0.15, -0.1) is 0 Å². The van der Waals surface area contributed by atoms with E-state index in [1.54, 1.807) is 55.7 Å². The molecular weight excluding hydrogens is 418 g/mol. The van der Waals surface area contributed by atoms with Crippen molar-refractivity contribution < 1.29 is 17.6 Å². The fourth-order valence-electron chi connectivity index (χ4n) is 2.87. The van der Waals surface area contributed by atoms with E-state index in [2.05, 4.69) is 20.3 Å². The van der Waals surface area contributed by atoms with E-state index in [-0.39, 0.29) is 28.0 Å². The van der Waals surface area contributed by atoms with E-state index in [9.17, 15) is 13.2 Å². The molecule has 10 heteroatoms. The molecular formula is C21H19N5O4S. The van der Waals surface area contributed by atoms with Crippen molar-refractivity contribution in [3.05, 3.63) is 72.5 Å². The molecule has 0 aliphatic rings. The lowest BCUT2D eigenvalue weighted by atomic mass is 10.2. The van der Waals surface area contributed by atoms with Crippen molar-refractivity contribution in [2.45, 2.75) is 16.3 Å². The summed E-state index contributed by atoms with van der Waals surface area (Å²) in [5.41, 5.74) is 1.27. The second-order valence-corrected chi connectivity index (χ2v) is 8.92. The normalized spacial score (nSPS) is 11.4. The number of rotatable bonds is 6. The summed E-state index contributed by atoms with van der Waals surface area (Å²) >= 11 is 0. The summed E-state index contributed by atoms with van der Waals surface area (Å²) in [6.07, 6.45) is 5.74. The first-order valence-electron chi connectivity index (χ1n) is 9.30. The Bertz CT molecular complexity index is 1300. The van der Waals surface area contributed by atoms with Crippen LogP contribution in [0.1, 0.15) is 16.1 Å². The van der Waals surface area contributed by atoms with Gasteiger partial charge >= 0.3 is 0 Å². The highest BCUT2D eigenvalue weighted by atomic mass is 32.2. The number of fused-ring (bicyclic) bond motifs is 1. The smallest absolute Gasteiger partial charge is 0.287 e. The quantitative estimate of drug-likeness (QED) is 0.489. The number of pyridine rings is 1. The number of benzene rings is 1. The summed E-state index contributed by atoms with van der Waals surface area (Å²) in [6.45, 7) is 0.217. The van der Waals surface area contributed by atoms with Gasteiger partial charge in [0.15, 0.2) is 11.3 Å². The van der Waals surface area contributed by atoms with E-state index in [1.807, 2.05) is 0 Å². The number of nitrogens with zero attached hydrogens (tertiary/aromatic N) is 4. The van der Waals surface area contributed by atoms with Crippen molar-refractivity contribution in [3.63, 3.8) is 0 Å². The zero-order valence-electron chi connectivity index (χ0n) is 16.8. The second-order valence-electron chi connectivity index (χ2n) is 6.97. The SMILES string of the molecule is CN(C)c1ncc(S(=O)(=O)c2ccc(CNC(=O)c3cc4ccncc4o3)cc2)cn1. The molecule has 0 bridgehead atoms. The Kier molecular flexibility index (Phi) is 5.38. The van der Waals surface area contributed by atoms with Gasteiger partial charge in [-0.25, -0.2) is 18.4 Å². The Morgan fingerprint density at radius 1 is 1.03 bits per heavy atom. The average molecular weight is 437 g/mol. The van der Waals surface area contributed by atoms with Crippen LogP contribution in [-0.4, -0.2) is 43.4 Å². The number of sulfone groups is 1. The number of furan rings is 1. The fraction of sp³-hybridized carbons (Fsp3) is 0.143. The highest BCUT2D eigenvalue weighted by Gasteiger charge is 2.19. The van der Waals surface area contributed by atoms with E-state index < -0.39 is 9.84 Å². The molecule has 3 heterocycles. The standard InChI is InChI=1S/C21H19N5O4S/c1-26(2)21-24-11-17(12-25-21)31(28,29)16-5-3-14(4-6-16)10-23-20(27)18-9-15-7-8-22-13-19(15)30-18/h3-9,11-13H,10H2,1-2H3,(H,23,27). The molecule has 4 rings (SSSR count). The molecule has 1 N–H and O–H groups in total. The van der Waals surface area contributed by atoms with Gasteiger partial charge in [-0.1, -0.05) is 12.1 Å². The van der Waals surface area contributed by atoms with Crippen LogP contribution in [0.3, 0.4) is 0 Å². The molecule has 158 valence electrons. The lowest BCUT2D eigenvalue weighted by Crippen LogP contribution is -2.22. The largest absolute Gasteiger partial charge is 0.449 e. The molecule has 0 fully saturated rings. The summed E-state index contributed by atoms with van der Waals surface area (Å²) in [4.78, 5) is 26.2. The van der Waals surface area contributed by atoms with Gasteiger partial charge in [0, 0.05) is 32.2 Å². The summed E-state index contributed by atoms with van der Waals surface area (Å²) in [5, 5.41) is 3.54. The van der Waals surface area contributed by atoms with E-state index in [4.69, 9.17) is 4.42 Å². The van der Waals surface area contributed by atoms with Crippen LogP contribution in [0.4, 0.5) is 5.95 Å². The van der Waals surface area contributed by atoms with Gasteiger partial charge in [0.05, 0.1) is 23.5 Å². The topological polar surface area (TPSA) is 118 Å². The van der Waals surface area contributed by atoms with Crippen molar-refractivity contribution in [3.8, 4) is 0 Å². The maximum absolute atomic E-state index is 12.8. The lowest BCUT2D eigenvalue weighted by molar-refractivity contribution is 0.0925. The zero-order valence-corrected chi connectivity index (χ0v) is 17.6. The molecule has 1 amide bonds. The highest BCUT2D eigenvalue weighted by molar-refractivity contribution is 7.91. The lowest BCUT2D eigenvalue weighted by Gasteiger charge is -2.10. The van der Waals surface area contributed by atoms with Crippen molar-refractivity contribution in [1.82, 2.24) is 20.3 Å². The molecule has 0 unspecified atom stereocenters. The number of hydrogen-bond donors (Lipinski definition) is 1. The first-order valence-corrected chi connectivity index (χ1v) is 10.8. The third-order valence-electron chi connectivity index (χ3n) is 4.56. The van der Waals surface area contributed by atoms with E-state index >= 15 is 0 Å². The maximum atomic E-state index is 12.8. The Labute approximate surface area is 178 Å². The van der Waals surface area contributed by atoms with Crippen molar-refractivity contribution in [2.75, 3.05) is 19.0 Å². The maximum Gasteiger partial charge on any atom is 0.287 e. The van der Waals surface area contributed by atoms with Crippen LogP contribution in [0, 0.1) is 0 Å². The van der Waals surface area contributed by atoms with Gasteiger partial charge in [0.2, 0.25) is 15.8 Å². The van der Waals surface area contributed by atoms with Crippen LogP contribution in [0.5, 0.6) is 0 Å². The molecule has 0 saturated heterocycles.